The van der Waals surface area contributed by atoms with Crippen LogP contribution in [0.2, 0.25) is 0 Å². The smallest absolute Gasteiger partial charge is 0.266 e. The zero-order valence-electron chi connectivity index (χ0n) is 17.3. The molecule has 0 aromatic heterocycles. The molecule has 3 aromatic carbocycles. The van der Waals surface area contributed by atoms with Crippen molar-refractivity contribution < 1.29 is 19.2 Å². The first-order valence-electron chi connectivity index (χ1n) is 10.2. The number of ether oxygens (including phenoxy) is 1. The molecule has 2 heterocycles. The normalized spacial score (nSPS) is 22.7. The molecule has 2 fully saturated rings. The van der Waals surface area contributed by atoms with E-state index in [1.807, 2.05) is 73.7 Å². The molecule has 0 unspecified atom stereocenters. The molecule has 0 N–H and O–H groups in total. The van der Waals surface area contributed by atoms with Crippen LogP contribution in [0, 0.1) is 12.8 Å². The van der Waals surface area contributed by atoms with Crippen LogP contribution in [0.5, 0.6) is 5.75 Å². The summed E-state index contributed by atoms with van der Waals surface area (Å²) in [6.45, 7) is 1.97. The molecule has 3 atom stereocenters. The summed E-state index contributed by atoms with van der Waals surface area (Å²) >= 11 is 0. The van der Waals surface area contributed by atoms with Gasteiger partial charge in [-0.1, -0.05) is 48.0 Å². The third-order valence-corrected chi connectivity index (χ3v) is 5.88. The Kier molecular flexibility index (Phi) is 4.71. The Labute approximate surface area is 180 Å². The highest BCUT2D eigenvalue weighted by molar-refractivity contribution is 6.23. The highest BCUT2D eigenvalue weighted by Gasteiger charge is 2.60. The molecule has 0 saturated carbocycles. The van der Waals surface area contributed by atoms with Crippen molar-refractivity contribution in [3.63, 3.8) is 0 Å². The maximum atomic E-state index is 13.5. The molecule has 0 aliphatic carbocycles. The number of hydrogen-bond donors (Lipinski definition) is 0. The molecule has 6 heteroatoms. The van der Waals surface area contributed by atoms with E-state index in [4.69, 9.17) is 9.57 Å². The molecule has 0 radical (unpaired) electrons. The number of anilines is 2. The van der Waals surface area contributed by atoms with Crippen molar-refractivity contribution in [1.82, 2.24) is 0 Å². The molecule has 5 rings (SSSR count). The second-order valence-electron chi connectivity index (χ2n) is 7.78. The van der Waals surface area contributed by atoms with Gasteiger partial charge in [0, 0.05) is 0 Å². The van der Waals surface area contributed by atoms with Crippen molar-refractivity contribution >= 4 is 23.2 Å². The topological polar surface area (TPSA) is 59.1 Å². The van der Waals surface area contributed by atoms with E-state index in [-0.39, 0.29) is 11.8 Å². The number of nitrogens with zero attached hydrogens (tertiary/aromatic N) is 2. The highest BCUT2D eigenvalue weighted by atomic mass is 16.7. The number of rotatable bonds is 4. The van der Waals surface area contributed by atoms with Gasteiger partial charge >= 0.3 is 0 Å². The number of amides is 2. The number of hydroxylamine groups is 1. The van der Waals surface area contributed by atoms with Gasteiger partial charge in [-0.2, -0.15) is 0 Å². The molecule has 2 saturated heterocycles. The van der Waals surface area contributed by atoms with Gasteiger partial charge in [0.05, 0.1) is 24.5 Å². The molecule has 156 valence electrons. The Morgan fingerprint density at radius 3 is 2.10 bits per heavy atom. The number of aryl methyl sites for hydroxylation is 1. The van der Waals surface area contributed by atoms with Gasteiger partial charge in [-0.05, 0) is 48.9 Å². The Bertz CT molecular complexity index is 1110. The maximum absolute atomic E-state index is 13.5. The molecule has 3 aromatic rings. The van der Waals surface area contributed by atoms with Gasteiger partial charge in [0.1, 0.15) is 11.7 Å². The fourth-order valence-electron chi connectivity index (χ4n) is 4.30. The van der Waals surface area contributed by atoms with E-state index in [2.05, 4.69) is 0 Å². The van der Waals surface area contributed by atoms with Crippen LogP contribution in [0.3, 0.4) is 0 Å². The van der Waals surface area contributed by atoms with Crippen LogP contribution < -0.4 is 14.7 Å². The summed E-state index contributed by atoms with van der Waals surface area (Å²) in [5, 5.41) is 1.69. The van der Waals surface area contributed by atoms with Gasteiger partial charge in [0.15, 0.2) is 6.10 Å². The van der Waals surface area contributed by atoms with E-state index in [0.717, 1.165) is 22.6 Å². The quantitative estimate of drug-likeness (QED) is 0.603. The standard InChI is InChI=1S/C25H22N2O4/c1-16-8-10-18(11-9-16)26-24(28)21-22(17-6-4-3-5-7-17)27(31-23(21)25(26)29)19-12-14-20(30-2)15-13-19/h3-15,21-23H,1-2H3/t21-,22-,23-/m0/s1. The summed E-state index contributed by atoms with van der Waals surface area (Å²) < 4.78 is 5.25. The number of imide groups is 1. The van der Waals surface area contributed by atoms with Crippen LogP contribution in [0.1, 0.15) is 17.2 Å². The lowest BCUT2D eigenvalue weighted by Crippen LogP contribution is -2.37. The Morgan fingerprint density at radius 1 is 0.806 bits per heavy atom. The average Bonchev–Trinajstić information content (AvgIpc) is 3.31. The first-order valence-corrected chi connectivity index (χ1v) is 10.2. The van der Waals surface area contributed by atoms with Crippen LogP contribution in [0.15, 0.2) is 78.9 Å². The maximum Gasteiger partial charge on any atom is 0.266 e. The summed E-state index contributed by atoms with van der Waals surface area (Å²) in [7, 11) is 1.61. The first kappa shape index (κ1) is 19.3. The molecule has 0 bridgehead atoms. The van der Waals surface area contributed by atoms with Gasteiger partial charge in [0.2, 0.25) is 5.91 Å². The van der Waals surface area contributed by atoms with Gasteiger partial charge < -0.3 is 4.74 Å². The lowest BCUT2D eigenvalue weighted by atomic mass is 9.90. The number of fused-ring (bicyclic) bond motifs is 1. The van der Waals surface area contributed by atoms with Gasteiger partial charge in [-0.25, -0.2) is 9.96 Å². The molecule has 6 nitrogen and oxygen atoms in total. The van der Waals surface area contributed by atoms with Gasteiger partial charge in [-0.15, -0.1) is 0 Å². The van der Waals surface area contributed by atoms with E-state index in [1.54, 1.807) is 24.3 Å². The lowest BCUT2D eigenvalue weighted by Gasteiger charge is -2.28. The van der Waals surface area contributed by atoms with Crippen molar-refractivity contribution in [1.29, 1.82) is 0 Å². The molecular weight excluding hydrogens is 392 g/mol. The van der Waals surface area contributed by atoms with Crippen molar-refractivity contribution in [2.75, 3.05) is 17.1 Å². The van der Waals surface area contributed by atoms with Crippen LogP contribution >= 0.6 is 0 Å². The van der Waals surface area contributed by atoms with E-state index in [0.29, 0.717) is 5.69 Å². The summed E-state index contributed by atoms with van der Waals surface area (Å²) in [4.78, 5) is 34.2. The molecule has 2 aliphatic heterocycles. The average molecular weight is 414 g/mol. The van der Waals surface area contributed by atoms with Crippen LogP contribution in [-0.2, 0) is 14.4 Å². The van der Waals surface area contributed by atoms with Crippen LogP contribution in [0.4, 0.5) is 11.4 Å². The molecule has 2 amide bonds. The minimum Gasteiger partial charge on any atom is -0.497 e. The van der Waals surface area contributed by atoms with Crippen LogP contribution in [0.25, 0.3) is 0 Å². The van der Waals surface area contributed by atoms with E-state index < -0.39 is 18.1 Å². The van der Waals surface area contributed by atoms with Gasteiger partial charge in [-0.3, -0.25) is 14.4 Å². The minimum atomic E-state index is -0.874. The van der Waals surface area contributed by atoms with Crippen molar-refractivity contribution in [2.24, 2.45) is 5.92 Å². The van der Waals surface area contributed by atoms with Crippen LogP contribution in [-0.4, -0.2) is 25.0 Å². The van der Waals surface area contributed by atoms with Gasteiger partial charge in [0.25, 0.3) is 5.91 Å². The Hall–Kier alpha value is -3.64. The largest absolute Gasteiger partial charge is 0.497 e. The number of carbonyl (C=O) groups is 2. The van der Waals surface area contributed by atoms with Crippen molar-refractivity contribution in [2.45, 2.75) is 19.1 Å². The zero-order valence-corrected chi connectivity index (χ0v) is 17.3. The molecule has 0 spiro atoms. The predicted molar refractivity (Wildman–Crippen MR) is 117 cm³/mol. The summed E-state index contributed by atoms with van der Waals surface area (Å²) in [6.07, 6.45) is -0.874. The summed E-state index contributed by atoms with van der Waals surface area (Å²) in [6, 6.07) is 24.0. The molecule has 2 aliphatic rings. The number of hydrogen-bond acceptors (Lipinski definition) is 5. The minimum absolute atomic E-state index is 0.247. The summed E-state index contributed by atoms with van der Waals surface area (Å²) in [5.41, 5.74) is 3.30. The van der Waals surface area contributed by atoms with E-state index >= 15 is 0 Å². The fraction of sp³-hybridized carbons (Fsp3) is 0.200. The SMILES string of the molecule is COc1ccc(N2O[C@@H]3C(=O)N(c4ccc(C)cc4)C(=O)[C@H]3[C@@H]2c2ccccc2)cc1. The number of methoxy groups -OCH3 is 1. The third-order valence-electron chi connectivity index (χ3n) is 5.88. The number of carbonyl (C=O) groups excluding carboxylic acids is 2. The summed E-state index contributed by atoms with van der Waals surface area (Å²) in [5.74, 6) is -0.505. The molecular formula is C25H22N2O4. The monoisotopic (exact) mass is 414 g/mol. The third kappa shape index (κ3) is 3.16. The van der Waals surface area contributed by atoms with E-state index in [1.165, 1.54) is 4.90 Å². The predicted octanol–water partition coefficient (Wildman–Crippen LogP) is 4.05. The van der Waals surface area contributed by atoms with E-state index in [9.17, 15) is 9.59 Å². The fourth-order valence-corrected chi connectivity index (χ4v) is 4.30. The van der Waals surface area contributed by atoms with Crippen molar-refractivity contribution in [3.05, 3.63) is 90.0 Å². The Balaban J connectivity index is 1.55. The second kappa shape index (κ2) is 7.56. The zero-order chi connectivity index (χ0) is 21.5. The highest BCUT2D eigenvalue weighted by Crippen LogP contribution is 2.47. The second-order valence-corrected chi connectivity index (χ2v) is 7.78. The lowest BCUT2D eigenvalue weighted by molar-refractivity contribution is -0.126. The molecule has 31 heavy (non-hydrogen) atoms. The first-order chi connectivity index (χ1) is 15.1. The van der Waals surface area contributed by atoms with Crippen molar-refractivity contribution in [3.8, 4) is 5.75 Å². The number of benzene rings is 3. The Morgan fingerprint density at radius 2 is 1.45 bits per heavy atom.